The van der Waals surface area contributed by atoms with E-state index >= 15 is 0 Å². The predicted molar refractivity (Wildman–Crippen MR) is 100 cm³/mol. The van der Waals surface area contributed by atoms with Crippen LogP contribution in [0.25, 0.3) is 0 Å². The maximum Gasteiger partial charge on any atom is 0.325 e. The number of hydrogen-bond acceptors (Lipinski definition) is 4. The summed E-state index contributed by atoms with van der Waals surface area (Å²) in [6, 6.07) is 7.55. The van der Waals surface area contributed by atoms with Gasteiger partial charge < -0.3 is 10.6 Å². The van der Waals surface area contributed by atoms with Gasteiger partial charge in [-0.05, 0) is 43.3 Å². The summed E-state index contributed by atoms with van der Waals surface area (Å²) >= 11 is 0.913. The number of nitrogens with zero attached hydrogens (tertiary/aromatic N) is 1. The zero-order valence-corrected chi connectivity index (χ0v) is 15.2. The molecule has 3 amide bonds. The second-order valence-electron chi connectivity index (χ2n) is 5.60. The maximum absolute atomic E-state index is 13.2. The van der Waals surface area contributed by atoms with E-state index in [-0.39, 0.29) is 15.7 Å². The first-order valence-corrected chi connectivity index (χ1v) is 8.71. The summed E-state index contributed by atoms with van der Waals surface area (Å²) in [4.78, 5) is 28.6. The largest absolute Gasteiger partial charge is 0.325 e. The molecule has 0 atom stereocenters. The summed E-state index contributed by atoms with van der Waals surface area (Å²) in [6.45, 7) is 1.57. The van der Waals surface area contributed by atoms with Crippen molar-refractivity contribution in [3.05, 3.63) is 70.5 Å². The summed E-state index contributed by atoms with van der Waals surface area (Å²) in [7, 11) is 0. The van der Waals surface area contributed by atoms with Crippen molar-refractivity contribution in [3.63, 3.8) is 0 Å². The van der Waals surface area contributed by atoms with Crippen molar-refractivity contribution >= 4 is 39.8 Å². The normalized spacial score (nSPS) is 10.4. The molecule has 0 saturated heterocycles. The van der Waals surface area contributed by atoms with E-state index in [2.05, 4.69) is 20.9 Å². The first-order valence-electron chi connectivity index (χ1n) is 7.89. The number of amides is 3. The Bertz CT molecular complexity index is 1040. The van der Waals surface area contributed by atoms with Crippen molar-refractivity contribution in [2.24, 2.45) is 0 Å². The van der Waals surface area contributed by atoms with Gasteiger partial charge in [0, 0.05) is 17.4 Å². The van der Waals surface area contributed by atoms with Crippen LogP contribution in [0.1, 0.15) is 15.4 Å². The highest BCUT2D eigenvalue weighted by molar-refractivity contribution is 7.17. The van der Waals surface area contributed by atoms with E-state index in [1.54, 1.807) is 6.92 Å². The second kappa shape index (κ2) is 8.09. The molecule has 0 unspecified atom stereocenters. The fourth-order valence-corrected chi connectivity index (χ4v) is 3.07. The minimum absolute atomic E-state index is 0.0836. The lowest BCUT2D eigenvalue weighted by Gasteiger charge is -2.05. The first-order chi connectivity index (χ1) is 13.3. The lowest BCUT2D eigenvalue weighted by molar-refractivity contribution is 0.102. The Labute approximate surface area is 161 Å². The lowest BCUT2D eigenvalue weighted by atomic mass is 10.3. The quantitative estimate of drug-likeness (QED) is 0.584. The minimum Gasteiger partial charge on any atom is -0.321 e. The molecule has 0 aliphatic heterocycles. The van der Waals surface area contributed by atoms with Gasteiger partial charge in [0.1, 0.15) is 10.7 Å². The highest BCUT2D eigenvalue weighted by Gasteiger charge is 2.17. The summed E-state index contributed by atoms with van der Waals surface area (Å²) in [5.41, 5.74) is 0.811. The van der Waals surface area contributed by atoms with Gasteiger partial charge in [-0.1, -0.05) is 11.3 Å². The van der Waals surface area contributed by atoms with E-state index in [4.69, 9.17) is 0 Å². The molecule has 28 heavy (non-hydrogen) atoms. The standard InChI is InChI=1S/C18H13F3N4O2S/c1-9-15(16(26)23-12-6-7-13(20)14(21)8-12)28-18(22-9)25-17(27)24-11-4-2-10(19)3-5-11/h2-8H,1H3,(H,23,26)(H2,22,24,25,27). The Balaban J connectivity index is 1.66. The zero-order chi connectivity index (χ0) is 20.3. The number of hydrogen-bond donors (Lipinski definition) is 3. The van der Waals surface area contributed by atoms with Crippen LogP contribution >= 0.6 is 11.3 Å². The number of rotatable bonds is 4. The van der Waals surface area contributed by atoms with Crippen molar-refractivity contribution in [2.45, 2.75) is 6.92 Å². The van der Waals surface area contributed by atoms with Gasteiger partial charge in [0.2, 0.25) is 0 Å². The van der Waals surface area contributed by atoms with Crippen LogP contribution in [0.5, 0.6) is 0 Å². The topological polar surface area (TPSA) is 83.1 Å². The third kappa shape index (κ3) is 4.65. The molecule has 0 bridgehead atoms. The van der Waals surface area contributed by atoms with Crippen LogP contribution in [-0.4, -0.2) is 16.9 Å². The van der Waals surface area contributed by atoms with Crippen LogP contribution in [0.15, 0.2) is 42.5 Å². The molecule has 0 aliphatic rings. The summed E-state index contributed by atoms with van der Waals surface area (Å²) in [5, 5.41) is 7.57. The fraction of sp³-hybridized carbons (Fsp3) is 0.0556. The van der Waals surface area contributed by atoms with Gasteiger partial charge in [-0.3, -0.25) is 10.1 Å². The maximum atomic E-state index is 13.2. The van der Waals surface area contributed by atoms with Gasteiger partial charge in [-0.15, -0.1) is 0 Å². The smallest absolute Gasteiger partial charge is 0.321 e. The zero-order valence-electron chi connectivity index (χ0n) is 14.3. The first kappa shape index (κ1) is 19.4. The summed E-state index contributed by atoms with van der Waals surface area (Å²) in [5.74, 6) is -3.12. The molecule has 0 fully saturated rings. The number of carbonyl (C=O) groups excluding carboxylic acids is 2. The highest BCUT2D eigenvalue weighted by Crippen LogP contribution is 2.24. The van der Waals surface area contributed by atoms with Gasteiger partial charge in [-0.2, -0.15) is 0 Å². The van der Waals surface area contributed by atoms with Crippen molar-refractivity contribution in [1.82, 2.24) is 4.98 Å². The van der Waals surface area contributed by atoms with E-state index in [1.165, 1.54) is 30.3 Å². The van der Waals surface area contributed by atoms with Crippen LogP contribution in [0.3, 0.4) is 0 Å². The summed E-state index contributed by atoms with van der Waals surface area (Å²) in [6.07, 6.45) is 0. The van der Waals surface area contributed by atoms with Gasteiger partial charge in [0.15, 0.2) is 16.8 Å². The molecule has 2 aromatic carbocycles. The number of thiazole rings is 1. The second-order valence-corrected chi connectivity index (χ2v) is 6.60. The fourth-order valence-electron chi connectivity index (χ4n) is 2.21. The van der Waals surface area contributed by atoms with Gasteiger partial charge in [0.05, 0.1) is 5.69 Å². The molecule has 6 nitrogen and oxygen atoms in total. The monoisotopic (exact) mass is 406 g/mol. The van der Waals surface area contributed by atoms with E-state index < -0.39 is 29.4 Å². The molecule has 0 spiro atoms. The van der Waals surface area contributed by atoms with Crippen molar-refractivity contribution in [2.75, 3.05) is 16.0 Å². The van der Waals surface area contributed by atoms with Gasteiger partial charge >= 0.3 is 6.03 Å². The highest BCUT2D eigenvalue weighted by atomic mass is 32.1. The molecule has 3 N–H and O–H groups in total. The molecule has 1 aromatic heterocycles. The van der Waals surface area contributed by atoms with E-state index in [1.807, 2.05) is 0 Å². The van der Waals surface area contributed by atoms with Crippen molar-refractivity contribution in [1.29, 1.82) is 0 Å². The Morgan fingerprint density at radius 2 is 1.57 bits per heavy atom. The molecule has 1 heterocycles. The number of halogens is 3. The Morgan fingerprint density at radius 3 is 2.25 bits per heavy atom. The third-order valence-corrected chi connectivity index (χ3v) is 4.57. The molecular formula is C18H13F3N4O2S. The van der Waals surface area contributed by atoms with Crippen LogP contribution in [0.2, 0.25) is 0 Å². The van der Waals surface area contributed by atoms with Crippen LogP contribution in [-0.2, 0) is 0 Å². The number of anilines is 3. The lowest BCUT2D eigenvalue weighted by Crippen LogP contribution is -2.19. The van der Waals surface area contributed by atoms with Crippen LogP contribution in [0.4, 0.5) is 34.5 Å². The summed E-state index contributed by atoms with van der Waals surface area (Å²) < 4.78 is 39.1. The SMILES string of the molecule is Cc1nc(NC(=O)Nc2ccc(F)cc2)sc1C(=O)Nc1ccc(F)c(F)c1. The third-order valence-electron chi connectivity index (χ3n) is 3.50. The number of carbonyl (C=O) groups is 2. The van der Waals surface area contributed by atoms with Crippen molar-refractivity contribution in [3.8, 4) is 0 Å². The number of aromatic nitrogens is 1. The van der Waals surface area contributed by atoms with Crippen molar-refractivity contribution < 1.29 is 22.8 Å². The Morgan fingerprint density at radius 1 is 0.893 bits per heavy atom. The minimum atomic E-state index is -1.08. The van der Waals surface area contributed by atoms with Crippen LogP contribution in [0, 0.1) is 24.4 Å². The van der Waals surface area contributed by atoms with E-state index in [0.29, 0.717) is 11.4 Å². The molecule has 144 valence electrons. The molecule has 3 aromatic rings. The molecule has 0 radical (unpaired) electrons. The van der Waals surface area contributed by atoms with E-state index in [9.17, 15) is 22.8 Å². The van der Waals surface area contributed by atoms with E-state index in [0.717, 1.165) is 23.5 Å². The Kier molecular flexibility index (Phi) is 5.59. The molecular weight excluding hydrogens is 393 g/mol. The average molecular weight is 406 g/mol. The molecule has 0 saturated carbocycles. The van der Waals surface area contributed by atoms with Gasteiger partial charge in [0.25, 0.3) is 5.91 Å². The number of aryl methyl sites for hydroxylation is 1. The predicted octanol–water partition coefficient (Wildman–Crippen LogP) is 4.77. The molecule has 3 rings (SSSR count). The number of benzene rings is 2. The Hall–Kier alpha value is -3.40. The molecule has 10 heteroatoms. The van der Waals surface area contributed by atoms with Crippen LogP contribution < -0.4 is 16.0 Å². The number of urea groups is 1. The molecule has 0 aliphatic carbocycles. The average Bonchev–Trinajstić information content (AvgIpc) is 3.00. The number of nitrogens with one attached hydrogen (secondary N) is 3. The van der Waals surface area contributed by atoms with Gasteiger partial charge in [-0.25, -0.2) is 22.9 Å².